The fourth-order valence-electron chi connectivity index (χ4n) is 1.58. The number of rotatable bonds is 4. The van der Waals surface area contributed by atoms with Crippen molar-refractivity contribution in [3.05, 3.63) is 58.9 Å². The second kappa shape index (κ2) is 6.37. The highest BCUT2D eigenvalue weighted by Crippen LogP contribution is 2.25. The molecule has 0 atom stereocenters. The molecule has 2 rings (SSSR count). The van der Waals surface area contributed by atoms with Gasteiger partial charge in [-0.25, -0.2) is 9.18 Å². The Labute approximate surface area is 125 Å². The highest BCUT2D eigenvalue weighted by Gasteiger charge is 2.21. The summed E-state index contributed by atoms with van der Waals surface area (Å²) < 4.78 is 23.5. The van der Waals surface area contributed by atoms with Gasteiger partial charge in [0, 0.05) is 11.1 Å². The molecule has 0 aliphatic carbocycles. The maximum atomic E-state index is 13.8. The molecule has 2 aromatic carbocycles. The monoisotopic (exact) mass is 308 g/mol. The minimum Gasteiger partial charge on any atom is -0.463 e. The minimum atomic E-state index is -1.12. The van der Waals surface area contributed by atoms with Crippen LogP contribution in [0.5, 0.6) is 11.5 Å². The van der Waals surface area contributed by atoms with E-state index in [9.17, 15) is 14.0 Å². The van der Waals surface area contributed by atoms with Gasteiger partial charge >= 0.3 is 5.97 Å². The Hall–Kier alpha value is -2.40. The van der Waals surface area contributed by atoms with Crippen LogP contribution in [0.2, 0.25) is 5.02 Å². The number of benzene rings is 2. The van der Waals surface area contributed by atoms with Crippen LogP contribution in [0.4, 0.5) is 4.39 Å². The van der Waals surface area contributed by atoms with E-state index >= 15 is 0 Å². The first kappa shape index (κ1) is 15.0. The molecular weight excluding hydrogens is 299 g/mol. The van der Waals surface area contributed by atoms with E-state index in [0.29, 0.717) is 10.8 Å². The fourth-order valence-corrected chi connectivity index (χ4v) is 1.71. The summed E-state index contributed by atoms with van der Waals surface area (Å²) in [6, 6.07) is 10.1. The van der Waals surface area contributed by atoms with E-state index in [2.05, 4.69) is 4.74 Å². The summed E-state index contributed by atoms with van der Waals surface area (Å²) in [5.74, 6) is -2.38. The third kappa shape index (κ3) is 3.58. The molecule has 0 aliphatic rings. The Kier molecular flexibility index (Phi) is 4.55. The molecule has 0 saturated heterocycles. The predicted octanol–water partition coefficient (Wildman–Crippen LogP) is 3.63. The van der Waals surface area contributed by atoms with Crippen LogP contribution in [0.1, 0.15) is 10.4 Å². The second-order valence-electron chi connectivity index (χ2n) is 4.02. The number of carbonyl (C=O) groups excluding carboxylic acids is 2. The average Bonchev–Trinajstić information content (AvgIpc) is 2.48. The summed E-state index contributed by atoms with van der Waals surface area (Å²) in [7, 11) is 1.05. The van der Waals surface area contributed by atoms with Crippen molar-refractivity contribution in [2.45, 2.75) is 0 Å². The summed E-state index contributed by atoms with van der Waals surface area (Å²) in [4.78, 5) is 22.6. The minimum absolute atomic E-state index is 0.191. The highest BCUT2D eigenvalue weighted by atomic mass is 35.5. The van der Waals surface area contributed by atoms with Gasteiger partial charge in [0.05, 0.1) is 12.7 Å². The molecule has 0 heterocycles. The molecule has 0 spiro atoms. The molecular formula is C15H10ClFO4. The lowest BCUT2D eigenvalue weighted by atomic mass is 10.1. The van der Waals surface area contributed by atoms with Gasteiger partial charge in [-0.15, -0.1) is 0 Å². The Balaban J connectivity index is 2.21. The van der Waals surface area contributed by atoms with Crippen LogP contribution in [-0.2, 0) is 9.53 Å². The third-order valence-electron chi connectivity index (χ3n) is 2.61. The van der Waals surface area contributed by atoms with Crippen LogP contribution >= 0.6 is 11.6 Å². The van der Waals surface area contributed by atoms with Gasteiger partial charge in [-0.3, -0.25) is 4.79 Å². The number of esters is 1. The van der Waals surface area contributed by atoms with Crippen molar-refractivity contribution in [1.29, 1.82) is 0 Å². The Morgan fingerprint density at radius 1 is 1.05 bits per heavy atom. The maximum absolute atomic E-state index is 13.8. The lowest BCUT2D eigenvalue weighted by Crippen LogP contribution is -2.17. The summed E-state index contributed by atoms with van der Waals surface area (Å²) in [5.41, 5.74) is -0.370. The van der Waals surface area contributed by atoms with E-state index in [4.69, 9.17) is 16.3 Å². The van der Waals surface area contributed by atoms with Crippen LogP contribution in [0, 0.1) is 5.82 Å². The quantitative estimate of drug-likeness (QED) is 0.492. The lowest BCUT2D eigenvalue weighted by Gasteiger charge is -2.07. The number of Topliss-reactive ketones (excluding diaryl/α,β-unsaturated/α-hetero) is 1. The number of halogens is 2. The van der Waals surface area contributed by atoms with Crippen LogP contribution in [-0.4, -0.2) is 18.9 Å². The number of ether oxygens (including phenoxy) is 2. The first-order valence-corrected chi connectivity index (χ1v) is 6.24. The van der Waals surface area contributed by atoms with Crippen LogP contribution in [0.25, 0.3) is 0 Å². The first-order chi connectivity index (χ1) is 10.0. The van der Waals surface area contributed by atoms with Crippen molar-refractivity contribution >= 4 is 23.4 Å². The smallest absolute Gasteiger partial charge is 0.379 e. The fraction of sp³-hybridized carbons (Fsp3) is 0.0667. The van der Waals surface area contributed by atoms with E-state index in [1.165, 1.54) is 12.1 Å². The van der Waals surface area contributed by atoms with E-state index < -0.39 is 17.6 Å². The molecule has 21 heavy (non-hydrogen) atoms. The zero-order valence-corrected chi connectivity index (χ0v) is 11.7. The number of hydrogen-bond acceptors (Lipinski definition) is 4. The Morgan fingerprint density at radius 2 is 1.67 bits per heavy atom. The lowest BCUT2D eigenvalue weighted by molar-refractivity contribution is -0.135. The van der Waals surface area contributed by atoms with Crippen molar-refractivity contribution in [3.63, 3.8) is 0 Å². The molecule has 0 fully saturated rings. The van der Waals surface area contributed by atoms with Gasteiger partial charge < -0.3 is 9.47 Å². The van der Waals surface area contributed by atoms with E-state index in [1.807, 2.05) is 0 Å². The van der Waals surface area contributed by atoms with E-state index in [0.717, 1.165) is 13.2 Å². The molecule has 2 aromatic rings. The van der Waals surface area contributed by atoms with Crippen LogP contribution in [0.15, 0.2) is 42.5 Å². The molecule has 6 heteroatoms. The molecule has 0 aromatic heterocycles. The normalized spacial score (nSPS) is 10.0. The second-order valence-corrected chi connectivity index (χ2v) is 4.45. The largest absolute Gasteiger partial charge is 0.463 e. The van der Waals surface area contributed by atoms with Crippen molar-refractivity contribution in [2.24, 2.45) is 0 Å². The summed E-state index contributed by atoms with van der Waals surface area (Å²) in [6.45, 7) is 0. The highest BCUT2D eigenvalue weighted by molar-refractivity contribution is 6.40. The van der Waals surface area contributed by atoms with E-state index in [-0.39, 0.29) is 11.3 Å². The van der Waals surface area contributed by atoms with Crippen molar-refractivity contribution in [3.8, 4) is 11.5 Å². The molecule has 0 radical (unpaired) electrons. The summed E-state index contributed by atoms with van der Waals surface area (Å²) >= 11 is 5.74. The third-order valence-corrected chi connectivity index (χ3v) is 2.86. The summed E-state index contributed by atoms with van der Waals surface area (Å²) in [5, 5.41) is 0.549. The summed E-state index contributed by atoms with van der Waals surface area (Å²) in [6.07, 6.45) is 0. The number of hydrogen-bond donors (Lipinski definition) is 0. The molecule has 4 nitrogen and oxygen atoms in total. The molecule has 0 N–H and O–H groups in total. The van der Waals surface area contributed by atoms with Gasteiger partial charge in [-0.1, -0.05) is 11.6 Å². The average molecular weight is 309 g/mol. The van der Waals surface area contributed by atoms with E-state index in [1.54, 1.807) is 24.3 Å². The SMILES string of the molecule is COC(=O)C(=O)c1ccc(Oc2ccc(Cl)cc2)cc1F. The molecule has 108 valence electrons. The maximum Gasteiger partial charge on any atom is 0.379 e. The number of carbonyl (C=O) groups is 2. The van der Waals surface area contributed by atoms with Crippen molar-refractivity contribution in [1.82, 2.24) is 0 Å². The van der Waals surface area contributed by atoms with Gasteiger partial charge in [0.2, 0.25) is 0 Å². The van der Waals surface area contributed by atoms with Gasteiger partial charge in [0.25, 0.3) is 5.78 Å². The van der Waals surface area contributed by atoms with Crippen molar-refractivity contribution < 1.29 is 23.5 Å². The zero-order valence-electron chi connectivity index (χ0n) is 10.9. The number of methoxy groups -OCH3 is 1. The number of ketones is 1. The van der Waals surface area contributed by atoms with Crippen molar-refractivity contribution in [2.75, 3.05) is 7.11 Å². The van der Waals surface area contributed by atoms with Crippen LogP contribution < -0.4 is 4.74 Å². The van der Waals surface area contributed by atoms with Gasteiger partial charge in [-0.2, -0.15) is 0 Å². The molecule has 0 saturated carbocycles. The van der Waals surface area contributed by atoms with Gasteiger partial charge in [-0.05, 0) is 36.4 Å². The molecule has 0 aliphatic heterocycles. The first-order valence-electron chi connectivity index (χ1n) is 5.87. The van der Waals surface area contributed by atoms with Gasteiger partial charge in [0.1, 0.15) is 17.3 Å². The predicted molar refractivity (Wildman–Crippen MR) is 74.3 cm³/mol. The Morgan fingerprint density at radius 3 is 2.24 bits per heavy atom. The molecule has 0 amide bonds. The topological polar surface area (TPSA) is 52.6 Å². The zero-order chi connectivity index (χ0) is 15.4. The molecule has 0 unspecified atom stereocenters. The Bertz CT molecular complexity index is 683. The van der Waals surface area contributed by atoms with Crippen LogP contribution in [0.3, 0.4) is 0 Å². The molecule has 0 bridgehead atoms. The van der Waals surface area contributed by atoms with Gasteiger partial charge in [0.15, 0.2) is 0 Å². The standard InChI is InChI=1S/C15H10ClFO4/c1-20-15(19)14(18)12-7-6-11(8-13(12)17)21-10-4-2-9(16)3-5-10/h2-8H,1H3.